The molecule has 0 saturated heterocycles. The molecule has 0 fully saturated rings. The molecule has 0 unspecified atom stereocenters. The zero-order chi connectivity index (χ0) is 18.6. The van der Waals surface area contributed by atoms with Crippen LogP contribution in [0.25, 0.3) is 0 Å². The molecule has 0 aliphatic rings. The molecule has 0 atom stereocenters. The van der Waals surface area contributed by atoms with Gasteiger partial charge < -0.3 is 14.6 Å². The zero-order valence-corrected chi connectivity index (χ0v) is 15.3. The lowest BCUT2D eigenvalue weighted by atomic mass is 10.2. The molecule has 0 heterocycles. The van der Waals surface area contributed by atoms with Crippen LogP contribution in [-0.2, 0) is 11.3 Å². The molecule has 0 radical (unpaired) electrons. The van der Waals surface area contributed by atoms with Crippen LogP contribution in [0.2, 0.25) is 0 Å². The Kier molecular flexibility index (Phi) is 8.49. The van der Waals surface area contributed by atoms with E-state index < -0.39 is 5.97 Å². The Hall–Kier alpha value is -2.53. The lowest BCUT2D eigenvalue weighted by Gasteiger charge is -2.22. The van der Waals surface area contributed by atoms with E-state index in [1.54, 1.807) is 7.11 Å². The number of benzene rings is 2. The predicted octanol–water partition coefficient (Wildman–Crippen LogP) is 3.83. The monoisotopic (exact) mass is 357 g/mol. The maximum atomic E-state index is 10.7. The number of para-hydroxylation sites is 2. The van der Waals surface area contributed by atoms with Gasteiger partial charge >= 0.3 is 5.97 Å². The number of hydrogen-bond donors (Lipinski definition) is 1. The summed E-state index contributed by atoms with van der Waals surface area (Å²) in [4.78, 5) is 13.0. The lowest BCUT2D eigenvalue weighted by Crippen LogP contribution is -2.29. The number of unbranched alkanes of at least 4 members (excludes halogenated alkanes) is 1. The molecule has 5 heteroatoms. The molecule has 5 nitrogen and oxygen atoms in total. The third kappa shape index (κ3) is 7.15. The fraction of sp³-hybridized carbons (Fsp3) is 0.381. The summed E-state index contributed by atoms with van der Waals surface area (Å²) in [5.74, 6) is 0.725. The van der Waals surface area contributed by atoms with Crippen LogP contribution in [0.5, 0.6) is 11.5 Å². The summed E-state index contributed by atoms with van der Waals surface area (Å²) in [5.41, 5.74) is 1.24. The molecule has 2 rings (SSSR count). The van der Waals surface area contributed by atoms with E-state index in [1.807, 2.05) is 42.5 Å². The molecule has 0 spiro atoms. The van der Waals surface area contributed by atoms with E-state index in [0.29, 0.717) is 13.0 Å². The first kappa shape index (κ1) is 19.8. The van der Waals surface area contributed by atoms with Gasteiger partial charge in [0.25, 0.3) is 0 Å². The molecule has 140 valence electrons. The number of carboxylic acids is 1. The summed E-state index contributed by atoms with van der Waals surface area (Å²) in [6.07, 6.45) is 1.76. The van der Waals surface area contributed by atoms with Crippen LogP contribution in [0, 0.1) is 0 Å². The highest BCUT2D eigenvalue weighted by Crippen LogP contribution is 2.25. The zero-order valence-electron chi connectivity index (χ0n) is 15.3. The smallest absolute Gasteiger partial charge is 0.303 e. The van der Waals surface area contributed by atoms with Gasteiger partial charge in [-0.15, -0.1) is 0 Å². The van der Waals surface area contributed by atoms with Crippen molar-refractivity contribution < 1.29 is 19.4 Å². The molecule has 0 aliphatic heterocycles. The molecule has 0 saturated carbocycles. The maximum absolute atomic E-state index is 10.7. The Morgan fingerprint density at radius 2 is 1.65 bits per heavy atom. The van der Waals surface area contributed by atoms with Gasteiger partial charge in [0.1, 0.15) is 6.61 Å². The second-order valence-corrected chi connectivity index (χ2v) is 6.11. The van der Waals surface area contributed by atoms with Crippen LogP contribution in [0.1, 0.15) is 24.8 Å². The quantitative estimate of drug-likeness (QED) is 0.585. The van der Waals surface area contributed by atoms with Gasteiger partial charge in [-0.2, -0.15) is 0 Å². The van der Waals surface area contributed by atoms with E-state index in [1.165, 1.54) is 5.56 Å². The lowest BCUT2D eigenvalue weighted by molar-refractivity contribution is -0.137. The highest BCUT2D eigenvalue weighted by atomic mass is 16.5. The highest BCUT2D eigenvalue weighted by molar-refractivity contribution is 5.66. The van der Waals surface area contributed by atoms with Crippen LogP contribution < -0.4 is 9.47 Å². The standard InChI is InChI=1S/C21H27NO4/c1-25-19-11-5-6-12-20(19)26-16-15-22(14-8-7-13-21(23)24)17-18-9-3-2-4-10-18/h2-6,9-12H,7-8,13-17H2,1H3,(H,23,24). The highest BCUT2D eigenvalue weighted by Gasteiger charge is 2.09. The third-order valence-electron chi connectivity index (χ3n) is 4.10. The van der Waals surface area contributed by atoms with Gasteiger partial charge in [0.2, 0.25) is 0 Å². The molecule has 0 aromatic heterocycles. The number of nitrogens with zero attached hydrogens (tertiary/aromatic N) is 1. The minimum absolute atomic E-state index is 0.219. The van der Waals surface area contributed by atoms with Crippen molar-refractivity contribution in [1.82, 2.24) is 4.90 Å². The Labute approximate surface area is 155 Å². The average Bonchev–Trinajstić information content (AvgIpc) is 2.66. The van der Waals surface area contributed by atoms with Crippen LogP contribution in [0.3, 0.4) is 0 Å². The number of carbonyl (C=O) groups is 1. The molecule has 2 aromatic carbocycles. The van der Waals surface area contributed by atoms with Crippen molar-refractivity contribution in [3.05, 3.63) is 60.2 Å². The first-order valence-corrected chi connectivity index (χ1v) is 8.93. The van der Waals surface area contributed by atoms with Crippen molar-refractivity contribution in [2.45, 2.75) is 25.8 Å². The first-order chi connectivity index (χ1) is 12.7. The van der Waals surface area contributed by atoms with Gasteiger partial charge in [-0.05, 0) is 37.1 Å². The normalized spacial score (nSPS) is 10.7. The van der Waals surface area contributed by atoms with Crippen molar-refractivity contribution in [3.63, 3.8) is 0 Å². The molecule has 0 aliphatic carbocycles. The Morgan fingerprint density at radius 1 is 0.962 bits per heavy atom. The Bertz CT molecular complexity index is 660. The van der Waals surface area contributed by atoms with Crippen LogP contribution >= 0.6 is 0 Å². The van der Waals surface area contributed by atoms with E-state index in [0.717, 1.165) is 37.6 Å². The molecule has 0 bridgehead atoms. The number of aliphatic carboxylic acids is 1. The second kappa shape index (κ2) is 11.2. The van der Waals surface area contributed by atoms with Gasteiger partial charge in [-0.3, -0.25) is 9.69 Å². The van der Waals surface area contributed by atoms with E-state index in [9.17, 15) is 4.79 Å². The van der Waals surface area contributed by atoms with Crippen molar-refractivity contribution in [2.75, 3.05) is 26.8 Å². The van der Waals surface area contributed by atoms with Crippen LogP contribution in [0.15, 0.2) is 54.6 Å². The largest absolute Gasteiger partial charge is 0.493 e. The fourth-order valence-electron chi connectivity index (χ4n) is 2.75. The van der Waals surface area contributed by atoms with Gasteiger partial charge in [0.15, 0.2) is 11.5 Å². The summed E-state index contributed by atoms with van der Waals surface area (Å²) in [6.45, 7) is 2.98. The SMILES string of the molecule is COc1ccccc1OCCN(CCCCC(=O)O)Cc1ccccc1. The average molecular weight is 357 g/mol. The summed E-state index contributed by atoms with van der Waals surface area (Å²) >= 11 is 0. The summed E-state index contributed by atoms with van der Waals surface area (Å²) < 4.78 is 11.2. The summed E-state index contributed by atoms with van der Waals surface area (Å²) in [7, 11) is 1.63. The van der Waals surface area contributed by atoms with Crippen LogP contribution in [-0.4, -0.2) is 42.8 Å². The van der Waals surface area contributed by atoms with Gasteiger partial charge in [0.05, 0.1) is 7.11 Å². The number of rotatable bonds is 12. The van der Waals surface area contributed by atoms with Gasteiger partial charge in [-0.1, -0.05) is 42.5 Å². The minimum Gasteiger partial charge on any atom is -0.493 e. The Balaban J connectivity index is 1.86. The number of hydrogen-bond acceptors (Lipinski definition) is 4. The van der Waals surface area contributed by atoms with E-state index in [4.69, 9.17) is 14.6 Å². The van der Waals surface area contributed by atoms with Crippen molar-refractivity contribution in [3.8, 4) is 11.5 Å². The molecule has 1 N–H and O–H groups in total. The third-order valence-corrected chi connectivity index (χ3v) is 4.10. The molecular formula is C21H27NO4. The topological polar surface area (TPSA) is 59.0 Å². The number of ether oxygens (including phenoxy) is 2. The second-order valence-electron chi connectivity index (χ2n) is 6.11. The van der Waals surface area contributed by atoms with Crippen molar-refractivity contribution in [2.24, 2.45) is 0 Å². The number of carboxylic acid groups (broad SMARTS) is 1. The van der Waals surface area contributed by atoms with Gasteiger partial charge in [-0.25, -0.2) is 0 Å². The Morgan fingerprint density at radius 3 is 2.35 bits per heavy atom. The van der Waals surface area contributed by atoms with Crippen LogP contribution in [0.4, 0.5) is 0 Å². The van der Waals surface area contributed by atoms with E-state index in [2.05, 4.69) is 17.0 Å². The molecule has 26 heavy (non-hydrogen) atoms. The molecule has 2 aromatic rings. The predicted molar refractivity (Wildman–Crippen MR) is 102 cm³/mol. The van der Waals surface area contributed by atoms with E-state index in [-0.39, 0.29) is 6.42 Å². The van der Waals surface area contributed by atoms with Crippen molar-refractivity contribution >= 4 is 5.97 Å². The van der Waals surface area contributed by atoms with Crippen molar-refractivity contribution in [1.29, 1.82) is 0 Å². The minimum atomic E-state index is -0.737. The summed E-state index contributed by atoms with van der Waals surface area (Å²) in [6, 6.07) is 17.9. The first-order valence-electron chi connectivity index (χ1n) is 8.93. The molecular weight excluding hydrogens is 330 g/mol. The van der Waals surface area contributed by atoms with E-state index >= 15 is 0 Å². The maximum Gasteiger partial charge on any atom is 0.303 e. The molecule has 0 amide bonds. The van der Waals surface area contributed by atoms with Gasteiger partial charge in [0, 0.05) is 19.5 Å². The number of methoxy groups -OCH3 is 1. The summed E-state index contributed by atoms with van der Waals surface area (Å²) in [5, 5.41) is 8.79. The fourth-order valence-corrected chi connectivity index (χ4v) is 2.75.